The molecule has 2 aromatic carbocycles. The molecule has 1 aliphatic heterocycles. The summed E-state index contributed by atoms with van der Waals surface area (Å²) in [5.74, 6) is -0.847. The first-order valence-electron chi connectivity index (χ1n) is 11.3. The number of ether oxygens (including phenoxy) is 1. The van der Waals surface area contributed by atoms with Crippen LogP contribution in [0.4, 0.5) is 4.39 Å². The van der Waals surface area contributed by atoms with Crippen LogP contribution in [-0.2, 0) is 9.84 Å². The number of sulfone groups is 1. The van der Waals surface area contributed by atoms with E-state index in [2.05, 4.69) is 0 Å². The molecule has 33 heavy (non-hydrogen) atoms. The largest absolute Gasteiger partial charge is 0.490 e. The summed E-state index contributed by atoms with van der Waals surface area (Å²) in [4.78, 5) is 26.0. The third-order valence-corrected chi connectivity index (χ3v) is 8.08. The number of amides is 2. The molecule has 0 saturated heterocycles. The highest BCUT2D eigenvalue weighted by atomic mass is 32.2. The van der Waals surface area contributed by atoms with Gasteiger partial charge in [-0.2, -0.15) is 0 Å². The summed E-state index contributed by atoms with van der Waals surface area (Å²) in [5.41, 5.74) is 1.50. The predicted octanol–water partition coefficient (Wildman–Crippen LogP) is 4.21. The summed E-state index contributed by atoms with van der Waals surface area (Å²) in [6, 6.07) is 11.2. The molecule has 2 aliphatic rings. The fourth-order valence-corrected chi connectivity index (χ4v) is 5.79. The second-order valence-corrected chi connectivity index (χ2v) is 11.2. The van der Waals surface area contributed by atoms with E-state index in [-0.39, 0.29) is 41.5 Å². The van der Waals surface area contributed by atoms with Crippen LogP contribution in [0, 0.1) is 11.7 Å². The van der Waals surface area contributed by atoms with Crippen molar-refractivity contribution < 1.29 is 27.1 Å². The lowest BCUT2D eigenvalue weighted by molar-refractivity contribution is 0.0652. The number of fused-ring (bicyclic) bond motifs is 1. The first-order valence-corrected chi connectivity index (χ1v) is 13.1. The molecule has 2 amide bonds. The van der Waals surface area contributed by atoms with Crippen molar-refractivity contribution in [2.75, 3.05) is 24.7 Å². The zero-order valence-corrected chi connectivity index (χ0v) is 19.4. The maximum atomic E-state index is 14.0. The van der Waals surface area contributed by atoms with Gasteiger partial charge in [-0.05, 0) is 67.3 Å². The average molecular weight is 474 g/mol. The summed E-state index contributed by atoms with van der Waals surface area (Å²) in [5, 5.41) is 0. The monoisotopic (exact) mass is 473 g/mol. The van der Waals surface area contributed by atoms with Gasteiger partial charge in [-0.3, -0.25) is 14.5 Å². The highest BCUT2D eigenvalue weighted by Crippen LogP contribution is 2.31. The topological polar surface area (TPSA) is 80.8 Å². The number of imide groups is 1. The van der Waals surface area contributed by atoms with Crippen LogP contribution in [0.15, 0.2) is 42.5 Å². The molecule has 176 valence electrons. The van der Waals surface area contributed by atoms with E-state index >= 15 is 0 Å². The molecular formula is C25H28FNO5S. The van der Waals surface area contributed by atoms with Gasteiger partial charge in [-0.1, -0.05) is 25.1 Å². The molecule has 0 N–H and O–H groups in total. The number of nitrogens with zero attached hydrogens (tertiary/aromatic N) is 1. The highest BCUT2D eigenvalue weighted by Gasteiger charge is 2.34. The molecule has 1 fully saturated rings. The summed E-state index contributed by atoms with van der Waals surface area (Å²) in [6.45, 7) is 2.48. The third-order valence-electron chi connectivity index (χ3n) is 6.16. The van der Waals surface area contributed by atoms with Crippen LogP contribution >= 0.6 is 0 Å². The van der Waals surface area contributed by atoms with Crippen molar-refractivity contribution in [2.45, 2.75) is 38.5 Å². The van der Waals surface area contributed by atoms with Crippen LogP contribution in [0.5, 0.6) is 5.75 Å². The number of rotatable bonds is 11. The number of unbranched alkanes of at least 4 members (excludes halogenated alkanes) is 1. The molecule has 0 spiro atoms. The number of hydrogen-bond donors (Lipinski definition) is 0. The van der Waals surface area contributed by atoms with Gasteiger partial charge in [0.05, 0.1) is 29.2 Å². The lowest BCUT2D eigenvalue weighted by atomic mass is 10.0. The SMILES string of the molecule is C[C@@H](CS(=O)(=O)CCCCN1C(=O)c2ccccc2C1=O)c1ccc(F)c(OCC2CC2)c1. The zero-order chi connectivity index (χ0) is 23.6. The van der Waals surface area contributed by atoms with Gasteiger partial charge in [-0.25, -0.2) is 12.8 Å². The zero-order valence-electron chi connectivity index (χ0n) is 18.6. The molecule has 1 saturated carbocycles. The van der Waals surface area contributed by atoms with Crippen LogP contribution in [0.3, 0.4) is 0 Å². The van der Waals surface area contributed by atoms with Crippen molar-refractivity contribution in [3.8, 4) is 5.75 Å². The van der Waals surface area contributed by atoms with Crippen LogP contribution in [0.1, 0.15) is 64.8 Å². The van der Waals surface area contributed by atoms with Crippen molar-refractivity contribution in [3.05, 3.63) is 65.0 Å². The maximum Gasteiger partial charge on any atom is 0.261 e. The van der Waals surface area contributed by atoms with Crippen LogP contribution in [-0.4, -0.2) is 49.8 Å². The first kappa shape index (κ1) is 23.4. The number of hydrogen-bond acceptors (Lipinski definition) is 5. The van der Waals surface area contributed by atoms with E-state index in [1.54, 1.807) is 43.3 Å². The Morgan fingerprint density at radius 1 is 1.06 bits per heavy atom. The van der Waals surface area contributed by atoms with Crippen molar-refractivity contribution in [2.24, 2.45) is 5.92 Å². The van der Waals surface area contributed by atoms with E-state index < -0.39 is 15.7 Å². The third kappa shape index (κ3) is 5.61. The van der Waals surface area contributed by atoms with Crippen LogP contribution in [0.25, 0.3) is 0 Å². The Labute approximate surface area is 193 Å². The van der Waals surface area contributed by atoms with Gasteiger partial charge in [0.25, 0.3) is 11.8 Å². The van der Waals surface area contributed by atoms with E-state index in [4.69, 9.17) is 4.74 Å². The number of carbonyl (C=O) groups is 2. The van der Waals surface area contributed by atoms with Gasteiger partial charge in [0.15, 0.2) is 21.4 Å². The molecule has 0 aromatic heterocycles. The fraction of sp³-hybridized carbons (Fsp3) is 0.440. The van der Waals surface area contributed by atoms with Gasteiger partial charge in [0.1, 0.15) is 0 Å². The van der Waals surface area contributed by atoms with Crippen LogP contribution < -0.4 is 4.74 Å². The van der Waals surface area contributed by atoms with E-state index in [0.29, 0.717) is 36.5 Å². The predicted molar refractivity (Wildman–Crippen MR) is 123 cm³/mol. The summed E-state index contributed by atoms with van der Waals surface area (Å²) in [6.07, 6.45) is 2.96. The lowest BCUT2D eigenvalue weighted by Gasteiger charge is -2.16. The highest BCUT2D eigenvalue weighted by molar-refractivity contribution is 7.91. The molecule has 1 aliphatic carbocycles. The Morgan fingerprint density at radius 3 is 2.36 bits per heavy atom. The second kappa shape index (κ2) is 9.63. The number of carbonyl (C=O) groups excluding carboxylic acids is 2. The molecular weight excluding hydrogens is 445 g/mol. The molecule has 0 bridgehead atoms. The molecule has 2 aromatic rings. The van der Waals surface area contributed by atoms with Crippen LogP contribution in [0.2, 0.25) is 0 Å². The van der Waals surface area contributed by atoms with E-state index in [1.165, 1.54) is 11.0 Å². The summed E-state index contributed by atoms with van der Waals surface area (Å²) in [7, 11) is -3.37. The minimum absolute atomic E-state index is 0.0350. The molecule has 1 heterocycles. The Bertz CT molecular complexity index is 1120. The Balaban J connectivity index is 1.27. The second-order valence-electron chi connectivity index (χ2n) is 8.97. The fourth-order valence-electron chi connectivity index (χ4n) is 4.02. The van der Waals surface area contributed by atoms with Crippen molar-refractivity contribution in [1.82, 2.24) is 4.90 Å². The number of benzene rings is 2. The Kier molecular flexibility index (Phi) is 6.83. The van der Waals surface area contributed by atoms with Crippen molar-refractivity contribution in [3.63, 3.8) is 0 Å². The van der Waals surface area contributed by atoms with E-state index in [0.717, 1.165) is 18.4 Å². The van der Waals surface area contributed by atoms with Gasteiger partial charge >= 0.3 is 0 Å². The van der Waals surface area contributed by atoms with Gasteiger partial charge in [0, 0.05) is 6.54 Å². The minimum atomic E-state index is -3.37. The molecule has 1 atom stereocenters. The van der Waals surface area contributed by atoms with Gasteiger partial charge < -0.3 is 4.74 Å². The van der Waals surface area contributed by atoms with Gasteiger partial charge in [-0.15, -0.1) is 0 Å². The van der Waals surface area contributed by atoms with E-state index in [1.807, 2.05) is 0 Å². The van der Waals surface area contributed by atoms with Crippen molar-refractivity contribution >= 4 is 21.7 Å². The molecule has 0 unspecified atom stereocenters. The molecule has 6 nitrogen and oxygen atoms in total. The summed E-state index contributed by atoms with van der Waals surface area (Å²) < 4.78 is 44.9. The smallest absolute Gasteiger partial charge is 0.261 e. The Hall–Kier alpha value is -2.74. The standard InChI is InChI=1S/C25H28FNO5S/c1-17(19-10-11-22(26)23(14-19)32-15-18-8-9-18)16-33(30,31)13-5-4-12-27-24(28)20-6-2-3-7-21(20)25(27)29/h2-3,6-7,10-11,14,17-18H,4-5,8-9,12-13,15-16H2,1H3/t17-/m0/s1. The van der Waals surface area contributed by atoms with Gasteiger partial charge in [0.2, 0.25) is 0 Å². The Morgan fingerprint density at radius 2 is 1.73 bits per heavy atom. The molecule has 4 rings (SSSR count). The molecule has 8 heteroatoms. The van der Waals surface area contributed by atoms with E-state index in [9.17, 15) is 22.4 Å². The number of halogens is 1. The maximum absolute atomic E-state index is 14.0. The minimum Gasteiger partial charge on any atom is -0.490 e. The van der Waals surface area contributed by atoms with Crippen molar-refractivity contribution in [1.29, 1.82) is 0 Å². The lowest BCUT2D eigenvalue weighted by Crippen LogP contribution is -2.31. The quantitative estimate of drug-likeness (QED) is 0.361. The summed E-state index contributed by atoms with van der Waals surface area (Å²) >= 11 is 0. The normalized spacial score (nSPS) is 16.7. The first-order chi connectivity index (χ1) is 15.7. The average Bonchev–Trinajstić information content (AvgIpc) is 3.58. The molecule has 0 radical (unpaired) electrons.